The molecule has 0 fully saturated rings. The first kappa shape index (κ1) is 15.5. The van der Waals surface area contributed by atoms with Crippen molar-refractivity contribution in [2.45, 2.75) is 45.4 Å². The van der Waals surface area contributed by atoms with Gasteiger partial charge in [0.1, 0.15) is 5.75 Å². The average Bonchev–Trinajstić information content (AvgIpc) is 2.38. The number of alkyl halides is 2. The van der Waals surface area contributed by atoms with Crippen LogP contribution in [-0.4, -0.2) is 12.7 Å². The summed E-state index contributed by atoms with van der Waals surface area (Å²) in [5, 5.41) is 3.32. The van der Waals surface area contributed by atoms with E-state index in [0.717, 1.165) is 18.4 Å². The van der Waals surface area contributed by atoms with Crippen molar-refractivity contribution in [2.24, 2.45) is 0 Å². The van der Waals surface area contributed by atoms with E-state index in [4.69, 9.17) is 6.42 Å². The highest BCUT2D eigenvalue weighted by molar-refractivity contribution is 5.29. The maximum Gasteiger partial charge on any atom is 0.387 e. The minimum absolute atomic E-state index is 0.0250. The van der Waals surface area contributed by atoms with Crippen LogP contribution in [0.4, 0.5) is 8.78 Å². The highest BCUT2D eigenvalue weighted by atomic mass is 19.3. The van der Waals surface area contributed by atoms with Crippen LogP contribution in [-0.2, 0) is 0 Å². The molecule has 1 aromatic carbocycles. The fourth-order valence-electron chi connectivity index (χ4n) is 1.84. The van der Waals surface area contributed by atoms with Gasteiger partial charge in [-0.25, -0.2) is 0 Å². The van der Waals surface area contributed by atoms with Gasteiger partial charge in [0.15, 0.2) is 0 Å². The van der Waals surface area contributed by atoms with E-state index in [-0.39, 0.29) is 17.8 Å². The van der Waals surface area contributed by atoms with Crippen LogP contribution >= 0.6 is 0 Å². The zero-order valence-electron chi connectivity index (χ0n) is 11.2. The largest absolute Gasteiger partial charge is 0.435 e. The van der Waals surface area contributed by atoms with Crippen LogP contribution in [0.3, 0.4) is 0 Å². The Hall–Kier alpha value is -1.60. The van der Waals surface area contributed by atoms with E-state index in [1.807, 2.05) is 6.92 Å². The first-order chi connectivity index (χ1) is 9.06. The van der Waals surface area contributed by atoms with Crippen molar-refractivity contribution in [1.82, 2.24) is 5.32 Å². The molecule has 0 aliphatic carbocycles. The smallest absolute Gasteiger partial charge is 0.387 e. The van der Waals surface area contributed by atoms with Gasteiger partial charge in [-0.15, -0.1) is 6.42 Å². The third-order valence-electron chi connectivity index (χ3n) is 2.83. The number of ether oxygens (including phenoxy) is 1. The molecule has 0 radical (unpaired) electrons. The molecule has 0 aliphatic heterocycles. The Bertz CT molecular complexity index is 411. The van der Waals surface area contributed by atoms with Crippen molar-refractivity contribution in [3.63, 3.8) is 0 Å². The predicted octanol–water partition coefficient (Wildman–Crippen LogP) is 3.74. The van der Waals surface area contributed by atoms with Gasteiger partial charge < -0.3 is 4.74 Å². The van der Waals surface area contributed by atoms with Gasteiger partial charge in [0.2, 0.25) is 0 Å². The quantitative estimate of drug-likeness (QED) is 0.760. The van der Waals surface area contributed by atoms with Crippen molar-refractivity contribution in [3.05, 3.63) is 29.8 Å². The number of nitrogens with one attached hydrogen (secondary N) is 1. The summed E-state index contributed by atoms with van der Waals surface area (Å²) in [6.45, 7) is 1.27. The summed E-state index contributed by atoms with van der Waals surface area (Å²) in [5.74, 6) is 2.87. The standard InChI is InChI=1S/C15H19F2NO/c1-4-6-13(5-2)18-11(3)12-7-9-14(10-8-12)19-15(16)17/h2,7-11,13,15,18H,4,6H2,1,3H3. The second kappa shape index (κ2) is 7.75. The number of benzene rings is 1. The van der Waals surface area contributed by atoms with Crippen LogP contribution < -0.4 is 10.1 Å². The van der Waals surface area contributed by atoms with Crippen LogP contribution in [0.1, 0.15) is 38.3 Å². The maximum atomic E-state index is 12.0. The van der Waals surface area contributed by atoms with Gasteiger partial charge in [0.25, 0.3) is 0 Å². The molecule has 1 N–H and O–H groups in total. The van der Waals surface area contributed by atoms with Crippen LogP contribution in [0.5, 0.6) is 5.75 Å². The van der Waals surface area contributed by atoms with Crippen molar-refractivity contribution < 1.29 is 13.5 Å². The SMILES string of the molecule is C#CC(CCC)NC(C)c1ccc(OC(F)F)cc1. The van der Waals surface area contributed by atoms with E-state index in [2.05, 4.69) is 22.9 Å². The van der Waals surface area contributed by atoms with E-state index < -0.39 is 6.61 Å². The normalized spacial score (nSPS) is 13.9. The molecule has 0 saturated carbocycles. The molecule has 104 valence electrons. The van der Waals surface area contributed by atoms with Gasteiger partial charge in [-0.1, -0.05) is 31.4 Å². The van der Waals surface area contributed by atoms with Crippen molar-refractivity contribution in [3.8, 4) is 18.1 Å². The van der Waals surface area contributed by atoms with E-state index in [1.54, 1.807) is 12.1 Å². The first-order valence-electron chi connectivity index (χ1n) is 6.33. The molecule has 0 amide bonds. The highest BCUT2D eigenvalue weighted by Crippen LogP contribution is 2.19. The molecular formula is C15H19F2NO. The third-order valence-corrected chi connectivity index (χ3v) is 2.83. The molecule has 1 rings (SSSR count). The van der Waals surface area contributed by atoms with E-state index in [0.29, 0.717) is 0 Å². The Kier molecular flexibility index (Phi) is 6.31. The van der Waals surface area contributed by atoms with Gasteiger partial charge in [-0.3, -0.25) is 5.32 Å². The lowest BCUT2D eigenvalue weighted by Crippen LogP contribution is -2.30. The lowest BCUT2D eigenvalue weighted by molar-refractivity contribution is -0.0498. The molecule has 0 spiro atoms. The zero-order chi connectivity index (χ0) is 14.3. The molecule has 0 heterocycles. The van der Waals surface area contributed by atoms with Gasteiger partial charge in [-0.05, 0) is 31.0 Å². The molecule has 19 heavy (non-hydrogen) atoms. The predicted molar refractivity (Wildman–Crippen MR) is 72.2 cm³/mol. The van der Waals surface area contributed by atoms with Crippen molar-refractivity contribution in [2.75, 3.05) is 0 Å². The topological polar surface area (TPSA) is 21.3 Å². The molecular weight excluding hydrogens is 248 g/mol. The van der Waals surface area contributed by atoms with Gasteiger partial charge in [-0.2, -0.15) is 8.78 Å². The van der Waals surface area contributed by atoms with Crippen LogP contribution in [0, 0.1) is 12.3 Å². The molecule has 2 atom stereocenters. The lowest BCUT2D eigenvalue weighted by atomic mass is 10.1. The van der Waals surface area contributed by atoms with E-state index >= 15 is 0 Å². The number of terminal acetylenes is 1. The summed E-state index contributed by atoms with van der Waals surface area (Å²) in [5.41, 5.74) is 0.984. The fraction of sp³-hybridized carbons (Fsp3) is 0.467. The van der Waals surface area contributed by atoms with Crippen molar-refractivity contribution >= 4 is 0 Å². The maximum absolute atomic E-state index is 12.0. The second-order valence-electron chi connectivity index (χ2n) is 4.34. The van der Waals surface area contributed by atoms with Crippen LogP contribution in [0.15, 0.2) is 24.3 Å². The highest BCUT2D eigenvalue weighted by Gasteiger charge is 2.11. The number of rotatable bonds is 7. The summed E-state index contributed by atoms with van der Waals surface area (Å²) >= 11 is 0. The summed E-state index contributed by atoms with van der Waals surface area (Å²) in [6.07, 6.45) is 7.37. The van der Waals surface area contributed by atoms with Gasteiger partial charge >= 0.3 is 6.61 Å². The Morgan fingerprint density at radius 3 is 2.42 bits per heavy atom. The third kappa shape index (κ3) is 5.27. The molecule has 0 aromatic heterocycles. The Labute approximate surface area is 113 Å². The summed E-state index contributed by atoms with van der Waals surface area (Å²) in [6, 6.07) is 6.67. The van der Waals surface area contributed by atoms with E-state index in [9.17, 15) is 8.78 Å². The minimum Gasteiger partial charge on any atom is -0.435 e. The number of halogens is 2. The Morgan fingerprint density at radius 1 is 1.32 bits per heavy atom. The molecule has 1 aromatic rings. The Balaban J connectivity index is 2.62. The molecule has 4 heteroatoms. The number of hydrogen-bond acceptors (Lipinski definition) is 2. The van der Waals surface area contributed by atoms with Gasteiger partial charge in [0.05, 0.1) is 6.04 Å². The van der Waals surface area contributed by atoms with Crippen molar-refractivity contribution in [1.29, 1.82) is 0 Å². The molecule has 0 saturated heterocycles. The van der Waals surface area contributed by atoms with Gasteiger partial charge in [0, 0.05) is 6.04 Å². The molecule has 0 bridgehead atoms. The van der Waals surface area contributed by atoms with Crippen LogP contribution in [0.2, 0.25) is 0 Å². The summed E-state index contributed by atoms with van der Waals surface area (Å²) in [7, 11) is 0. The fourth-order valence-corrected chi connectivity index (χ4v) is 1.84. The Morgan fingerprint density at radius 2 is 1.95 bits per heavy atom. The van der Waals surface area contributed by atoms with E-state index in [1.165, 1.54) is 12.1 Å². The number of hydrogen-bond donors (Lipinski definition) is 1. The summed E-state index contributed by atoms with van der Waals surface area (Å²) in [4.78, 5) is 0. The average molecular weight is 267 g/mol. The summed E-state index contributed by atoms with van der Waals surface area (Å²) < 4.78 is 28.4. The first-order valence-corrected chi connectivity index (χ1v) is 6.33. The second-order valence-corrected chi connectivity index (χ2v) is 4.34. The minimum atomic E-state index is -2.79. The monoisotopic (exact) mass is 267 g/mol. The van der Waals surface area contributed by atoms with Crippen LogP contribution in [0.25, 0.3) is 0 Å². The zero-order valence-corrected chi connectivity index (χ0v) is 11.2. The molecule has 2 nitrogen and oxygen atoms in total. The molecule has 2 unspecified atom stereocenters. The lowest BCUT2D eigenvalue weighted by Gasteiger charge is -2.19. The molecule has 0 aliphatic rings.